The zero-order chi connectivity index (χ0) is 12.3. The maximum absolute atomic E-state index is 13.4. The Kier molecular flexibility index (Phi) is 3.58. The summed E-state index contributed by atoms with van der Waals surface area (Å²) < 4.78 is 13.4. The molecule has 0 unspecified atom stereocenters. The molecule has 0 spiro atoms. The Bertz CT molecular complexity index is 428. The lowest BCUT2D eigenvalue weighted by molar-refractivity contribution is 0.318. The topological polar surface area (TPSA) is 61.9 Å². The Morgan fingerprint density at radius 3 is 2.71 bits per heavy atom. The van der Waals surface area contributed by atoms with Crippen LogP contribution in [0.25, 0.3) is 0 Å². The SMILES string of the molecule is N/C(=N/O)c1cc(F)cc(CN2CCCC2)c1. The van der Waals surface area contributed by atoms with Gasteiger partial charge in [0.25, 0.3) is 0 Å². The van der Waals surface area contributed by atoms with E-state index in [2.05, 4.69) is 10.1 Å². The second kappa shape index (κ2) is 5.14. The van der Waals surface area contributed by atoms with E-state index in [4.69, 9.17) is 10.9 Å². The number of hydrogen-bond donors (Lipinski definition) is 2. The van der Waals surface area contributed by atoms with Gasteiger partial charge in [-0.3, -0.25) is 4.90 Å². The van der Waals surface area contributed by atoms with Crippen LogP contribution in [0.2, 0.25) is 0 Å². The first kappa shape index (κ1) is 11.9. The Balaban J connectivity index is 2.18. The second-order valence-electron chi connectivity index (χ2n) is 4.32. The van der Waals surface area contributed by atoms with Crippen molar-refractivity contribution in [1.29, 1.82) is 0 Å². The molecule has 1 saturated heterocycles. The number of nitrogens with two attached hydrogens (primary N) is 1. The summed E-state index contributed by atoms with van der Waals surface area (Å²) in [5.41, 5.74) is 6.73. The summed E-state index contributed by atoms with van der Waals surface area (Å²) >= 11 is 0. The normalized spacial score (nSPS) is 17.6. The zero-order valence-electron chi connectivity index (χ0n) is 9.56. The monoisotopic (exact) mass is 237 g/mol. The number of nitrogens with zero attached hydrogens (tertiary/aromatic N) is 2. The van der Waals surface area contributed by atoms with E-state index in [-0.39, 0.29) is 11.7 Å². The fourth-order valence-electron chi connectivity index (χ4n) is 2.15. The summed E-state index contributed by atoms with van der Waals surface area (Å²) in [5.74, 6) is -0.421. The van der Waals surface area contributed by atoms with E-state index >= 15 is 0 Å². The maximum atomic E-state index is 13.4. The molecule has 1 aromatic carbocycles. The van der Waals surface area contributed by atoms with E-state index in [1.165, 1.54) is 25.0 Å². The number of rotatable bonds is 3. The third-order valence-electron chi connectivity index (χ3n) is 2.97. The van der Waals surface area contributed by atoms with Gasteiger partial charge in [0.15, 0.2) is 5.84 Å². The molecule has 0 aliphatic carbocycles. The highest BCUT2D eigenvalue weighted by atomic mass is 19.1. The molecular formula is C12H16FN3O. The Labute approximate surface area is 99.5 Å². The lowest BCUT2D eigenvalue weighted by Gasteiger charge is -2.15. The second-order valence-corrected chi connectivity index (χ2v) is 4.32. The Morgan fingerprint density at radius 2 is 2.06 bits per heavy atom. The summed E-state index contributed by atoms with van der Waals surface area (Å²) in [5, 5.41) is 11.5. The van der Waals surface area contributed by atoms with Crippen molar-refractivity contribution in [2.45, 2.75) is 19.4 Å². The highest BCUT2D eigenvalue weighted by Gasteiger charge is 2.13. The van der Waals surface area contributed by atoms with Gasteiger partial charge in [-0.1, -0.05) is 5.16 Å². The Hall–Kier alpha value is -1.62. The van der Waals surface area contributed by atoms with Crippen LogP contribution in [-0.2, 0) is 6.54 Å². The molecule has 1 aromatic rings. The van der Waals surface area contributed by atoms with Crippen LogP contribution in [0, 0.1) is 5.82 Å². The van der Waals surface area contributed by atoms with Crippen LogP contribution in [0.3, 0.4) is 0 Å². The van der Waals surface area contributed by atoms with Crippen LogP contribution in [-0.4, -0.2) is 29.0 Å². The van der Waals surface area contributed by atoms with Crippen molar-refractivity contribution >= 4 is 5.84 Å². The lowest BCUT2D eigenvalue weighted by atomic mass is 10.1. The van der Waals surface area contributed by atoms with Gasteiger partial charge in [-0.15, -0.1) is 0 Å². The van der Waals surface area contributed by atoms with Crippen molar-refractivity contribution in [3.05, 3.63) is 35.1 Å². The smallest absolute Gasteiger partial charge is 0.170 e. The van der Waals surface area contributed by atoms with Crippen LogP contribution >= 0.6 is 0 Å². The summed E-state index contributed by atoms with van der Waals surface area (Å²) in [6.07, 6.45) is 2.39. The molecule has 0 bridgehead atoms. The van der Waals surface area contributed by atoms with Crippen molar-refractivity contribution in [3.8, 4) is 0 Å². The molecule has 17 heavy (non-hydrogen) atoms. The summed E-state index contributed by atoms with van der Waals surface area (Å²) in [4.78, 5) is 2.27. The lowest BCUT2D eigenvalue weighted by Crippen LogP contribution is -2.19. The van der Waals surface area contributed by atoms with Crippen molar-refractivity contribution in [2.24, 2.45) is 10.9 Å². The first-order valence-corrected chi connectivity index (χ1v) is 5.69. The minimum atomic E-state index is -0.358. The average Bonchev–Trinajstić information content (AvgIpc) is 2.80. The number of hydrogen-bond acceptors (Lipinski definition) is 3. The van der Waals surface area contributed by atoms with E-state index in [9.17, 15) is 4.39 Å². The van der Waals surface area contributed by atoms with Crippen LogP contribution in [0.1, 0.15) is 24.0 Å². The number of oxime groups is 1. The maximum Gasteiger partial charge on any atom is 0.170 e. The minimum Gasteiger partial charge on any atom is -0.409 e. The van der Waals surface area contributed by atoms with E-state index in [0.717, 1.165) is 18.7 Å². The molecule has 3 N–H and O–H groups in total. The van der Waals surface area contributed by atoms with E-state index in [1.54, 1.807) is 6.07 Å². The van der Waals surface area contributed by atoms with Crippen molar-refractivity contribution in [2.75, 3.05) is 13.1 Å². The zero-order valence-corrected chi connectivity index (χ0v) is 9.56. The predicted octanol–water partition coefficient (Wildman–Crippen LogP) is 1.52. The quantitative estimate of drug-likeness (QED) is 0.362. The molecule has 1 aliphatic heterocycles. The van der Waals surface area contributed by atoms with Crippen molar-refractivity contribution < 1.29 is 9.60 Å². The molecule has 0 radical (unpaired) electrons. The van der Waals surface area contributed by atoms with E-state index in [0.29, 0.717) is 12.1 Å². The molecular weight excluding hydrogens is 221 g/mol. The average molecular weight is 237 g/mol. The molecule has 0 atom stereocenters. The molecule has 0 saturated carbocycles. The standard InChI is InChI=1S/C12H16FN3O/c13-11-6-9(8-16-3-1-2-4-16)5-10(7-11)12(14)15-17/h5-7,17H,1-4,8H2,(H2,14,15). The molecule has 1 aliphatic rings. The number of halogens is 1. The van der Waals surface area contributed by atoms with Gasteiger partial charge in [-0.2, -0.15) is 0 Å². The molecule has 1 heterocycles. The van der Waals surface area contributed by atoms with Gasteiger partial charge in [-0.25, -0.2) is 4.39 Å². The molecule has 0 aromatic heterocycles. The van der Waals surface area contributed by atoms with Crippen LogP contribution in [0.4, 0.5) is 4.39 Å². The fraction of sp³-hybridized carbons (Fsp3) is 0.417. The fourth-order valence-corrected chi connectivity index (χ4v) is 2.15. The third kappa shape index (κ3) is 2.94. The number of likely N-dealkylation sites (tertiary alicyclic amines) is 1. The van der Waals surface area contributed by atoms with Gasteiger partial charge in [-0.05, 0) is 49.7 Å². The first-order valence-electron chi connectivity index (χ1n) is 5.69. The van der Waals surface area contributed by atoms with Crippen molar-refractivity contribution in [1.82, 2.24) is 4.90 Å². The minimum absolute atomic E-state index is 0.0628. The highest BCUT2D eigenvalue weighted by molar-refractivity contribution is 5.97. The molecule has 1 fully saturated rings. The van der Waals surface area contributed by atoms with Crippen LogP contribution in [0.15, 0.2) is 23.4 Å². The largest absolute Gasteiger partial charge is 0.409 e. The van der Waals surface area contributed by atoms with E-state index in [1.807, 2.05) is 0 Å². The third-order valence-corrected chi connectivity index (χ3v) is 2.97. The van der Waals surface area contributed by atoms with Gasteiger partial charge < -0.3 is 10.9 Å². The molecule has 5 heteroatoms. The summed E-state index contributed by atoms with van der Waals surface area (Å²) in [6.45, 7) is 2.81. The van der Waals surface area contributed by atoms with Crippen molar-refractivity contribution in [3.63, 3.8) is 0 Å². The molecule has 0 amide bonds. The first-order chi connectivity index (χ1) is 8.19. The summed E-state index contributed by atoms with van der Waals surface area (Å²) in [6, 6.07) is 4.52. The number of amidine groups is 1. The van der Waals surface area contributed by atoms with Crippen LogP contribution < -0.4 is 5.73 Å². The number of benzene rings is 1. The highest BCUT2D eigenvalue weighted by Crippen LogP contribution is 2.15. The molecule has 4 nitrogen and oxygen atoms in total. The van der Waals surface area contributed by atoms with Gasteiger partial charge in [0.1, 0.15) is 5.82 Å². The predicted molar refractivity (Wildman–Crippen MR) is 63.4 cm³/mol. The van der Waals surface area contributed by atoms with Gasteiger partial charge in [0.2, 0.25) is 0 Å². The van der Waals surface area contributed by atoms with E-state index < -0.39 is 0 Å². The van der Waals surface area contributed by atoms with Gasteiger partial charge >= 0.3 is 0 Å². The van der Waals surface area contributed by atoms with Gasteiger partial charge in [0.05, 0.1) is 0 Å². The van der Waals surface area contributed by atoms with Crippen LogP contribution in [0.5, 0.6) is 0 Å². The summed E-state index contributed by atoms with van der Waals surface area (Å²) in [7, 11) is 0. The molecule has 92 valence electrons. The molecule has 2 rings (SSSR count). The Morgan fingerprint density at radius 1 is 1.35 bits per heavy atom. The van der Waals surface area contributed by atoms with Gasteiger partial charge in [0, 0.05) is 12.1 Å².